The molecule has 1 aliphatic rings. The van der Waals surface area contributed by atoms with E-state index in [1.54, 1.807) is 12.1 Å². The van der Waals surface area contributed by atoms with Crippen LogP contribution in [0.15, 0.2) is 18.2 Å². The Hall–Kier alpha value is -1.66. The zero-order chi connectivity index (χ0) is 14.8. The van der Waals surface area contributed by atoms with Crippen LogP contribution in [-0.4, -0.2) is 29.8 Å². The zero-order valence-corrected chi connectivity index (χ0v) is 11.5. The van der Waals surface area contributed by atoms with Crippen molar-refractivity contribution in [2.24, 2.45) is 11.1 Å². The van der Waals surface area contributed by atoms with Gasteiger partial charge in [-0.3, -0.25) is 10.1 Å². The molecule has 20 heavy (non-hydrogen) atoms. The fourth-order valence-electron chi connectivity index (χ4n) is 3.03. The second-order valence-electron chi connectivity index (χ2n) is 5.41. The summed E-state index contributed by atoms with van der Waals surface area (Å²) in [5, 5.41) is 21.2. The van der Waals surface area contributed by atoms with Crippen molar-refractivity contribution < 1.29 is 14.8 Å². The number of aliphatic hydroxyl groups excluding tert-OH is 1. The number of nitro benzene ring substituents is 1. The van der Waals surface area contributed by atoms with Crippen molar-refractivity contribution in [3.8, 4) is 5.75 Å². The molecule has 6 nitrogen and oxygen atoms in total. The fraction of sp³-hybridized carbons (Fsp3) is 0.571. The van der Waals surface area contributed by atoms with E-state index < -0.39 is 11.0 Å². The first-order chi connectivity index (χ1) is 9.52. The predicted octanol–water partition coefficient (Wildman–Crippen LogP) is 1.64. The van der Waals surface area contributed by atoms with E-state index in [4.69, 9.17) is 10.5 Å². The molecule has 0 saturated heterocycles. The molecule has 0 spiro atoms. The smallest absolute Gasteiger partial charge is 0.311 e. The van der Waals surface area contributed by atoms with Gasteiger partial charge in [-0.15, -0.1) is 0 Å². The van der Waals surface area contributed by atoms with E-state index in [0.717, 1.165) is 24.8 Å². The maximum Gasteiger partial charge on any atom is 0.311 e. The highest BCUT2D eigenvalue weighted by molar-refractivity contribution is 5.48. The van der Waals surface area contributed by atoms with E-state index >= 15 is 0 Å². The van der Waals surface area contributed by atoms with Crippen molar-refractivity contribution in [3.05, 3.63) is 33.9 Å². The van der Waals surface area contributed by atoms with Gasteiger partial charge in [0.15, 0.2) is 5.75 Å². The number of ether oxygens (including phenoxy) is 1. The Morgan fingerprint density at radius 2 is 2.35 bits per heavy atom. The SMILES string of the molecule is COc1ccc(CC2(CN)CCCC2O)cc1[N+](=O)[O-]. The molecule has 0 amide bonds. The Morgan fingerprint density at radius 1 is 1.60 bits per heavy atom. The van der Waals surface area contributed by atoms with E-state index in [1.165, 1.54) is 13.2 Å². The normalized spacial score (nSPS) is 25.6. The van der Waals surface area contributed by atoms with Gasteiger partial charge >= 0.3 is 5.69 Å². The third-order valence-electron chi connectivity index (χ3n) is 4.26. The number of nitrogens with zero attached hydrogens (tertiary/aromatic N) is 1. The van der Waals surface area contributed by atoms with Crippen molar-refractivity contribution in [3.63, 3.8) is 0 Å². The predicted molar refractivity (Wildman–Crippen MR) is 74.7 cm³/mol. The van der Waals surface area contributed by atoms with Gasteiger partial charge in [0.2, 0.25) is 0 Å². The number of hydrogen-bond donors (Lipinski definition) is 2. The third kappa shape index (κ3) is 2.62. The molecular formula is C14H20N2O4. The average molecular weight is 280 g/mol. The van der Waals surface area contributed by atoms with Crippen LogP contribution in [0.3, 0.4) is 0 Å². The van der Waals surface area contributed by atoms with Gasteiger partial charge in [-0.1, -0.05) is 12.5 Å². The van der Waals surface area contributed by atoms with E-state index in [9.17, 15) is 15.2 Å². The van der Waals surface area contributed by atoms with Crippen LogP contribution in [0, 0.1) is 15.5 Å². The van der Waals surface area contributed by atoms with E-state index in [1.807, 2.05) is 0 Å². The van der Waals surface area contributed by atoms with Gasteiger partial charge in [-0.2, -0.15) is 0 Å². The standard InChI is InChI=1S/C14H20N2O4/c1-20-12-5-4-10(7-11(12)16(18)19)8-14(9-15)6-2-3-13(14)17/h4-5,7,13,17H,2-3,6,8-9,15H2,1H3. The molecule has 0 radical (unpaired) electrons. The molecule has 1 aromatic carbocycles. The molecule has 0 aliphatic heterocycles. The van der Waals surface area contributed by atoms with Crippen molar-refractivity contribution in [2.45, 2.75) is 31.8 Å². The number of nitrogens with two attached hydrogens (primary N) is 1. The maximum atomic E-state index is 11.0. The fourth-order valence-corrected chi connectivity index (χ4v) is 3.03. The molecular weight excluding hydrogens is 260 g/mol. The highest BCUT2D eigenvalue weighted by Crippen LogP contribution is 2.41. The second-order valence-corrected chi connectivity index (χ2v) is 5.41. The van der Waals surface area contributed by atoms with Crippen LogP contribution in [0.1, 0.15) is 24.8 Å². The summed E-state index contributed by atoms with van der Waals surface area (Å²) in [6.45, 7) is 0.383. The molecule has 1 aromatic rings. The molecule has 6 heteroatoms. The lowest BCUT2D eigenvalue weighted by molar-refractivity contribution is -0.385. The van der Waals surface area contributed by atoms with Crippen LogP contribution in [0.25, 0.3) is 0 Å². The summed E-state index contributed by atoms with van der Waals surface area (Å²) >= 11 is 0. The van der Waals surface area contributed by atoms with Gasteiger partial charge in [-0.25, -0.2) is 0 Å². The molecule has 2 unspecified atom stereocenters. The van der Waals surface area contributed by atoms with Gasteiger partial charge in [0.05, 0.1) is 18.1 Å². The van der Waals surface area contributed by atoms with Crippen LogP contribution in [0.2, 0.25) is 0 Å². The van der Waals surface area contributed by atoms with Gasteiger partial charge in [-0.05, 0) is 30.9 Å². The molecule has 0 bridgehead atoms. The number of methoxy groups -OCH3 is 1. The summed E-state index contributed by atoms with van der Waals surface area (Å²) in [4.78, 5) is 10.6. The number of rotatable bonds is 5. The Labute approximate surface area is 117 Å². The molecule has 0 aromatic heterocycles. The minimum Gasteiger partial charge on any atom is -0.490 e. The average Bonchev–Trinajstić information content (AvgIpc) is 2.80. The number of nitro groups is 1. The van der Waals surface area contributed by atoms with E-state index in [2.05, 4.69) is 0 Å². The number of hydrogen-bond acceptors (Lipinski definition) is 5. The molecule has 3 N–H and O–H groups in total. The Bertz CT molecular complexity index is 506. The minimum absolute atomic E-state index is 0.0512. The van der Waals surface area contributed by atoms with E-state index in [-0.39, 0.29) is 16.9 Å². The maximum absolute atomic E-state index is 11.0. The monoisotopic (exact) mass is 280 g/mol. The largest absolute Gasteiger partial charge is 0.490 e. The summed E-state index contributed by atoms with van der Waals surface area (Å²) in [6, 6.07) is 4.91. The Balaban J connectivity index is 2.29. The van der Waals surface area contributed by atoms with Crippen molar-refractivity contribution in [1.82, 2.24) is 0 Å². The van der Waals surface area contributed by atoms with Crippen molar-refractivity contribution >= 4 is 5.69 Å². The van der Waals surface area contributed by atoms with Crippen LogP contribution in [-0.2, 0) is 6.42 Å². The first kappa shape index (κ1) is 14.7. The first-order valence-corrected chi connectivity index (χ1v) is 6.72. The van der Waals surface area contributed by atoms with Gasteiger partial charge in [0.1, 0.15) is 0 Å². The van der Waals surface area contributed by atoms with Crippen molar-refractivity contribution in [2.75, 3.05) is 13.7 Å². The summed E-state index contributed by atoms with van der Waals surface area (Å²) in [6.07, 6.45) is 2.65. The summed E-state index contributed by atoms with van der Waals surface area (Å²) in [7, 11) is 1.41. The molecule has 2 atom stereocenters. The van der Waals surface area contributed by atoms with Crippen molar-refractivity contribution in [1.29, 1.82) is 0 Å². The molecule has 110 valence electrons. The van der Waals surface area contributed by atoms with Crippen LogP contribution in [0.4, 0.5) is 5.69 Å². The van der Waals surface area contributed by atoms with Crippen LogP contribution >= 0.6 is 0 Å². The molecule has 1 saturated carbocycles. The second kappa shape index (κ2) is 5.76. The summed E-state index contributed by atoms with van der Waals surface area (Å²) in [5.74, 6) is 0.243. The number of aliphatic hydroxyl groups is 1. The highest BCUT2D eigenvalue weighted by atomic mass is 16.6. The zero-order valence-electron chi connectivity index (χ0n) is 11.5. The first-order valence-electron chi connectivity index (χ1n) is 6.72. The Morgan fingerprint density at radius 3 is 2.85 bits per heavy atom. The van der Waals surface area contributed by atoms with Crippen LogP contribution < -0.4 is 10.5 Å². The van der Waals surface area contributed by atoms with Gasteiger partial charge < -0.3 is 15.6 Å². The third-order valence-corrected chi connectivity index (χ3v) is 4.26. The van der Waals surface area contributed by atoms with Gasteiger partial charge in [0.25, 0.3) is 0 Å². The lowest BCUT2D eigenvalue weighted by Crippen LogP contribution is -2.39. The number of benzene rings is 1. The Kier molecular flexibility index (Phi) is 4.25. The highest BCUT2D eigenvalue weighted by Gasteiger charge is 2.41. The molecule has 1 aliphatic carbocycles. The van der Waals surface area contributed by atoms with E-state index in [0.29, 0.717) is 13.0 Å². The van der Waals surface area contributed by atoms with Crippen LogP contribution in [0.5, 0.6) is 5.75 Å². The minimum atomic E-state index is -0.456. The topological polar surface area (TPSA) is 98.6 Å². The summed E-state index contributed by atoms with van der Waals surface area (Å²) < 4.78 is 4.99. The molecule has 2 rings (SSSR count). The molecule has 0 heterocycles. The lowest BCUT2D eigenvalue weighted by atomic mass is 9.78. The quantitative estimate of drug-likeness (QED) is 0.631. The summed E-state index contributed by atoms with van der Waals surface area (Å²) in [5.41, 5.74) is 6.24. The molecule has 1 fully saturated rings. The lowest BCUT2D eigenvalue weighted by Gasteiger charge is -2.31. The van der Waals surface area contributed by atoms with Gasteiger partial charge in [0, 0.05) is 18.0 Å².